The van der Waals surface area contributed by atoms with Gasteiger partial charge in [0.1, 0.15) is 9.84 Å². The molecule has 1 aromatic rings. The fourth-order valence-electron chi connectivity index (χ4n) is 1.42. The Morgan fingerprint density at radius 2 is 2.00 bits per heavy atom. The first-order chi connectivity index (χ1) is 7.79. The number of hydrogen-bond acceptors (Lipinski definition) is 3. The van der Waals surface area contributed by atoms with Gasteiger partial charge in [0.25, 0.3) is 0 Å². The van der Waals surface area contributed by atoms with E-state index in [9.17, 15) is 8.42 Å². The molecule has 1 atom stereocenters. The maximum atomic E-state index is 11.0. The van der Waals surface area contributed by atoms with Gasteiger partial charge in [0.2, 0.25) is 0 Å². The second kappa shape index (κ2) is 6.31. The molecular weight excluding hydrogens is 370 g/mol. The van der Waals surface area contributed by atoms with Gasteiger partial charge in [0.15, 0.2) is 0 Å². The minimum Gasteiger partial charge on any atom is -0.309 e. The molecule has 1 N–H and O–H groups in total. The van der Waals surface area contributed by atoms with Crippen LogP contribution in [0.15, 0.2) is 27.1 Å². The van der Waals surface area contributed by atoms with Gasteiger partial charge in [-0.2, -0.15) is 0 Å². The van der Waals surface area contributed by atoms with Crippen LogP contribution in [0, 0.1) is 0 Å². The van der Waals surface area contributed by atoms with Crippen molar-refractivity contribution in [2.24, 2.45) is 0 Å². The van der Waals surface area contributed by atoms with Crippen LogP contribution in [0.4, 0.5) is 0 Å². The van der Waals surface area contributed by atoms with Gasteiger partial charge >= 0.3 is 0 Å². The average molecular weight is 385 g/mol. The fraction of sp³-hybridized carbons (Fsp3) is 0.455. The molecule has 1 unspecified atom stereocenters. The zero-order valence-electron chi connectivity index (χ0n) is 9.70. The van der Waals surface area contributed by atoms with Gasteiger partial charge in [-0.15, -0.1) is 0 Å². The van der Waals surface area contributed by atoms with Crippen molar-refractivity contribution in [2.45, 2.75) is 13.0 Å². The van der Waals surface area contributed by atoms with E-state index in [1.165, 1.54) is 6.26 Å². The number of rotatable bonds is 5. The molecule has 0 heterocycles. The van der Waals surface area contributed by atoms with E-state index in [0.29, 0.717) is 6.54 Å². The molecule has 0 saturated carbocycles. The Balaban J connectivity index is 2.61. The van der Waals surface area contributed by atoms with Gasteiger partial charge in [-0.1, -0.05) is 37.9 Å². The van der Waals surface area contributed by atoms with Crippen LogP contribution < -0.4 is 5.32 Å². The molecule has 6 heteroatoms. The lowest BCUT2D eigenvalue weighted by Gasteiger charge is -2.15. The van der Waals surface area contributed by atoms with E-state index in [1.807, 2.05) is 25.1 Å². The van der Waals surface area contributed by atoms with Crippen molar-refractivity contribution >= 4 is 41.7 Å². The smallest absolute Gasteiger partial charge is 0.148 e. The van der Waals surface area contributed by atoms with Crippen molar-refractivity contribution in [3.8, 4) is 0 Å². The second-order valence-corrected chi connectivity index (χ2v) is 8.00. The third-order valence-corrected chi connectivity index (χ3v) is 4.48. The molecule has 0 aliphatic rings. The van der Waals surface area contributed by atoms with Crippen molar-refractivity contribution in [1.29, 1.82) is 0 Å². The minimum atomic E-state index is -2.90. The van der Waals surface area contributed by atoms with Gasteiger partial charge in [0.05, 0.1) is 5.75 Å². The fourth-order valence-corrected chi connectivity index (χ4v) is 3.30. The molecule has 0 bridgehead atoms. The Hall–Kier alpha value is 0.0900. The van der Waals surface area contributed by atoms with Crippen LogP contribution in [0.1, 0.15) is 18.5 Å². The van der Waals surface area contributed by atoms with Gasteiger partial charge < -0.3 is 5.32 Å². The van der Waals surface area contributed by atoms with Crippen LogP contribution in [0.2, 0.25) is 0 Å². The highest BCUT2D eigenvalue weighted by Gasteiger charge is 2.10. The maximum Gasteiger partial charge on any atom is 0.148 e. The number of sulfone groups is 1. The largest absolute Gasteiger partial charge is 0.309 e. The zero-order valence-corrected chi connectivity index (χ0v) is 13.7. The monoisotopic (exact) mass is 383 g/mol. The summed E-state index contributed by atoms with van der Waals surface area (Å²) in [7, 11) is -2.90. The van der Waals surface area contributed by atoms with Crippen LogP contribution >= 0.6 is 31.9 Å². The molecule has 0 saturated heterocycles. The maximum absolute atomic E-state index is 11.0. The first kappa shape index (κ1) is 15.1. The Labute approximate surface area is 119 Å². The number of hydrogen-bond donors (Lipinski definition) is 1. The molecule has 0 aliphatic heterocycles. The second-order valence-electron chi connectivity index (χ2n) is 3.97. The van der Waals surface area contributed by atoms with Crippen LogP contribution in [0.25, 0.3) is 0 Å². The molecule has 0 radical (unpaired) electrons. The molecule has 0 aromatic heterocycles. The molecule has 1 aromatic carbocycles. The van der Waals surface area contributed by atoms with Crippen molar-refractivity contribution in [1.82, 2.24) is 5.32 Å². The predicted molar refractivity (Wildman–Crippen MR) is 78.0 cm³/mol. The van der Waals surface area contributed by atoms with E-state index in [2.05, 4.69) is 37.2 Å². The highest BCUT2D eigenvalue weighted by atomic mass is 79.9. The summed E-state index contributed by atoms with van der Waals surface area (Å²) < 4.78 is 24.0. The highest BCUT2D eigenvalue weighted by molar-refractivity contribution is 9.11. The normalized spacial score (nSPS) is 13.6. The van der Waals surface area contributed by atoms with E-state index in [1.54, 1.807) is 0 Å². The van der Waals surface area contributed by atoms with Crippen molar-refractivity contribution in [3.63, 3.8) is 0 Å². The lowest BCUT2D eigenvalue weighted by molar-refractivity contribution is 0.575. The summed E-state index contributed by atoms with van der Waals surface area (Å²) in [6, 6.07) is 6.06. The minimum absolute atomic E-state index is 0.110. The van der Waals surface area contributed by atoms with Gasteiger partial charge in [-0.3, -0.25) is 0 Å². The number of nitrogens with one attached hydrogen (secondary N) is 1. The highest BCUT2D eigenvalue weighted by Crippen LogP contribution is 2.26. The third kappa shape index (κ3) is 5.50. The van der Waals surface area contributed by atoms with E-state index in [4.69, 9.17) is 0 Å². The SMILES string of the molecule is CC(NCCS(C)(=O)=O)c1ccc(Br)cc1Br. The summed E-state index contributed by atoms with van der Waals surface area (Å²) in [5, 5.41) is 3.19. The topological polar surface area (TPSA) is 46.2 Å². The van der Waals surface area contributed by atoms with Crippen molar-refractivity contribution in [3.05, 3.63) is 32.7 Å². The van der Waals surface area contributed by atoms with Crippen molar-refractivity contribution in [2.75, 3.05) is 18.6 Å². The summed E-state index contributed by atoms with van der Waals surface area (Å²) >= 11 is 6.89. The molecule has 96 valence electrons. The van der Waals surface area contributed by atoms with E-state index >= 15 is 0 Å². The number of halogens is 2. The molecule has 0 aliphatic carbocycles. The summed E-state index contributed by atoms with van der Waals surface area (Å²) in [4.78, 5) is 0. The van der Waals surface area contributed by atoms with E-state index in [-0.39, 0.29) is 11.8 Å². The summed E-state index contributed by atoms with van der Waals surface area (Å²) in [6.45, 7) is 2.47. The van der Waals surface area contributed by atoms with Crippen LogP contribution in [-0.4, -0.2) is 27.0 Å². The summed E-state index contributed by atoms with van der Waals surface area (Å²) in [5.41, 5.74) is 1.11. The Morgan fingerprint density at radius 1 is 1.35 bits per heavy atom. The molecule has 17 heavy (non-hydrogen) atoms. The molecular formula is C11H15Br2NO2S. The molecule has 0 spiro atoms. The standard InChI is InChI=1S/C11H15Br2NO2S/c1-8(14-5-6-17(2,15)16)10-4-3-9(12)7-11(10)13/h3-4,7-8,14H,5-6H2,1-2H3. The van der Waals surface area contributed by atoms with Crippen molar-refractivity contribution < 1.29 is 8.42 Å². The molecule has 3 nitrogen and oxygen atoms in total. The summed E-state index contributed by atoms with van der Waals surface area (Å²) in [5.74, 6) is 0.158. The molecule has 0 fully saturated rings. The van der Waals surface area contributed by atoms with E-state index in [0.717, 1.165) is 14.5 Å². The molecule has 0 amide bonds. The lowest BCUT2D eigenvalue weighted by Crippen LogP contribution is -2.25. The summed E-state index contributed by atoms with van der Waals surface area (Å²) in [6.07, 6.45) is 1.24. The van der Waals surface area contributed by atoms with Crippen LogP contribution in [0.5, 0.6) is 0 Å². The molecule has 1 rings (SSSR count). The quantitative estimate of drug-likeness (QED) is 0.848. The Bertz CT molecular complexity index is 488. The number of benzene rings is 1. The van der Waals surface area contributed by atoms with Gasteiger partial charge in [-0.05, 0) is 24.6 Å². The average Bonchev–Trinajstić information content (AvgIpc) is 2.15. The van der Waals surface area contributed by atoms with Crippen LogP contribution in [0.3, 0.4) is 0 Å². The van der Waals surface area contributed by atoms with Gasteiger partial charge in [0, 0.05) is 27.8 Å². The first-order valence-electron chi connectivity index (χ1n) is 5.15. The van der Waals surface area contributed by atoms with Gasteiger partial charge in [-0.25, -0.2) is 8.42 Å². The Kier molecular flexibility index (Phi) is 5.63. The van der Waals surface area contributed by atoms with E-state index < -0.39 is 9.84 Å². The lowest BCUT2D eigenvalue weighted by atomic mass is 10.1. The van der Waals surface area contributed by atoms with Crippen LogP contribution in [-0.2, 0) is 9.84 Å². The third-order valence-electron chi connectivity index (χ3n) is 2.35. The first-order valence-corrected chi connectivity index (χ1v) is 8.80. The zero-order chi connectivity index (χ0) is 13.1. The Morgan fingerprint density at radius 3 is 2.53 bits per heavy atom. The predicted octanol–water partition coefficient (Wildman–Crippen LogP) is 2.91.